The standard InChI is InChI=1S/C19H21N3O5/c1-3-26-12-4-5-14-13(10-12)11(2)15(27-14)16(23)22-8-6-19(7-9-22)17(24)20-18(25)21-19/h4-5,10H,3,6-9H2,1-2H3,(H2,20,21,24,25). The third-order valence-electron chi connectivity index (χ3n) is 5.33. The molecule has 2 aliphatic rings. The zero-order valence-electron chi connectivity index (χ0n) is 15.3. The summed E-state index contributed by atoms with van der Waals surface area (Å²) >= 11 is 0. The number of imide groups is 1. The molecular weight excluding hydrogens is 350 g/mol. The molecule has 3 heterocycles. The molecule has 0 bridgehead atoms. The van der Waals surface area contributed by atoms with Crippen molar-refractivity contribution in [3.63, 3.8) is 0 Å². The fourth-order valence-corrected chi connectivity index (χ4v) is 3.78. The number of ether oxygens (including phenoxy) is 1. The molecule has 0 radical (unpaired) electrons. The zero-order valence-corrected chi connectivity index (χ0v) is 15.3. The summed E-state index contributed by atoms with van der Waals surface area (Å²) in [6.07, 6.45) is 0.758. The molecule has 27 heavy (non-hydrogen) atoms. The average Bonchev–Trinajstić information content (AvgIpc) is 3.12. The largest absolute Gasteiger partial charge is 0.494 e. The smallest absolute Gasteiger partial charge is 0.322 e. The van der Waals surface area contributed by atoms with Crippen molar-refractivity contribution < 1.29 is 23.5 Å². The molecule has 2 N–H and O–H groups in total. The highest BCUT2D eigenvalue weighted by molar-refractivity contribution is 6.07. The Morgan fingerprint density at radius 2 is 2.04 bits per heavy atom. The number of urea groups is 1. The van der Waals surface area contributed by atoms with Gasteiger partial charge >= 0.3 is 6.03 Å². The first-order valence-electron chi connectivity index (χ1n) is 9.02. The van der Waals surface area contributed by atoms with Gasteiger partial charge in [-0.1, -0.05) is 0 Å². The summed E-state index contributed by atoms with van der Waals surface area (Å²) in [4.78, 5) is 38.1. The molecule has 2 aromatic rings. The normalized spacial score (nSPS) is 18.7. The maximum Gasteiger partial charge on any atom is 0.322 e. The van der Waals surface area contributed by atoms with Crippen LogP contribution in [0.1, 0.15) is 35.9 Å². The molecule has 1 aromatic heterocycles. The van der Waals surface area contributed by atoms with E-state index >= 15 is 0 Å². The van der Waals surface area contributed by atoms with Gasteiger partial charge in [0, 0.05) is 24.0 Å². The Labute approximate surface area is 155 Å². The summed E-state index contributed by atoms with van der Waals surface area (Å²) in [6.45, 7) is 5.07. The molecule has 8 heteroatoms. The van der Waals surface area contributed by atoms with Gasteiger partial charge in [0.25, 0.3) is 11.8 Å². The maximum atomic E-state index is 13.0. The number of carbonyl (C=O) groups is 3. The van der Waals surface area contributed by atoms with Crippen LogP contribution in [0.15, 0.2) is 22.6 Å². The Hall–Kier alpha value is -3.03. The number of nitrogens with one attached hydrogen (secondary N) is 2. The molecule has 1 aromatic carbocycles. The molecule has 2 fully saturated rings. The van der Waals surface area contributed by atoms with Crippen LogP contribution >= 0.6 is 0 Å². The number of amides is 4. The maximum absolute atomic E-state index is 13.0. The van der Waals surface area contributed by atoms with Gasteiger partial charge in [0.05, 0.1) is 6.61 Å². The van der Waals surface area contributed by atoms with E-state index in [1.165, 1.54) is 0 Å². The van der Waals surface area contributed by atoms with E-state index in [0.717, 1.165) is 16.7 Å². The SMILES string of the molecule is CCOc1ccc2oc(C(=O)N3CCC4(CC3)NC(=O)NC4=O)c(C)c2c1. The fourth-order valence-electron chi connectivity index (χ4n) is 3.78. The number of furan rings is 1. The van der Waals surface area contributed by atoms with Crippen molar-refractivity contribution in [2.45, 2.75) is 32.2 Å². The fraction of sp³-hybridized carbons (Fsp3) is 0.421. The average molecular weight is 371 g/mol. The van der Waals surface area contributed by atoms with Crippen LogP contribution in [0.5, 0.6) is 5.75 Å². The lowest BCUT2D eigenvalue weighted by Crippen LogP contribution is -2.55. The highest BCUT2D eigenvalue weighted by Gasteiger charge is 2.48. The van der Waals surface area contributed by atoms with Gasteiger partial charge in [-0.2, -0.15) is 0 Å². The van der Waals surface area contributed by atoms with Gasteiger partial charge in [0.15, 0.2) is 5.76 Å². The Kier molecular flexibility index (Phi) is 4.05. The van der Waals surface area contributed by atoms with E-state index in [-0.39, 0.29) is 11.8 Å². The number of aryl methyl sites for hydroxylation is 1. The molecule has 0 aliphatic carbocycles. The number of nitrogens with zero attached hydrogens (tertiary/aromatic N) is 1. The van der Waals surface area contributed by atoms with Crippen molar-refractivity contribution in [2.75, 3.05) is 19.7 Å². The molecule has 0 saturated carbocycles. The minimum Gasteiger partial charge on any atom is -0.494 e. The third kappa shape index (κ3) is 2.81. The topological polar surface area (TPSA) is 101 Å². The van der Waals surface area contributed by atoms with E-state index < -0.39 is 11.6 Å². The zero-order chi connectivity index (χ0) is 19.2. The number of hydrogen-bond acceptors (Lipinski definition) is 5. The first-order valence-corrected chi connectivity index (χ1v) is 9.02. The van der Waals surface area contributed by atoms with Crippen molar-refractivity contribution in [3.05, 3.63) is 29.5 Å². The predicted octanol–water partition coefficient (Wildman–Crippen LogP) is 1.95. The first-order chi connectivity index (χ1) is 12.9. The molecule has 0 atom stereocenters. The van der Waals surface area contributed by atoms with Crippen molar-refractivity contribution in [2.24, 2.45) is 0 Å². The number of benzene rings is 1. The molecule has 0 unspecified atom stereocenters. The quantitative estimate of drug-likeness (QED) is 0.803. The van der Waals surface area contributed by atoms with Crippen LogP contribution in [-0.4, -0.2) is 48.0 Å². The van der Waals surface area contributed by atoms with Gasteiger partial charge in [0.2, 0.25) is 0 Å². The van der Waals surface area contributed by atoms with Gasteiger partial charge in [-0.3, -0.25) is 14.9 Å². The summed E-state index contributed by atoms with van der Waals surface area (Å²) in [5.74, 6) is 0.509. The summed E-state index contributed by atoms with van der Waals surface area (Å²) in [6, 6.07) is 5.01. The summed E-state index contributed by atoms with van der Waals surface area (Å²) < 4.78 is 11.3. The van der Waals surface area contributed by atoms with Crippen LogP contribution in [0.4, 0.5) is 4.79 Å². The first kappa shape index (κ1) is 17.4. The van der Waals surface area contributed by atoms with Crippen LogP contribution in [0.25, 0.3) is 11.0 Å². The third-order valence-corrected chi connectivity index (χ3v) is 5.33. The van der Waals surface area contributed by atoms with Gasteiger partial charge in [0.1, 0.15) is 16.9 Å². The molecule has 2 aliphatic heterocycles. The summed E-state index contributed by atoms with van der Waals surface area (Å²) in [7, 11) is 0. The Morgan fingerprint density at radius 1 is 1.30 bits per heavy atom. The lowest BCUT2D eigenvalue weighted by Gasteiger charge is -2.36. The molecule has 8 nitrogen and oxygen atoms in total. The number of rotatable bonds is 3. The van der Waals surface area contributed by atoms with E-state index in [1.807, 2.05) is 26.0 Å². The molecule has 4 rings (SSSR count). The number of likely N-dealkylation sites (tertiary alicyclic amines) is 1. The second kappa shape index (κ2) is 6.29. The molecule has 142 valence electrons. The lowest BCUT2D eigenvalue weighted by atomic mass is 9.87. The van der Waals surface area contributed by atoms with Crippen LogP contribution in [0.3, 0.4) is 0 Å². The van der Waals surface area contributed by atoms with Crippen LogP contribution < -0.4 is 15.4 Å². The molecule has 2 saturated heterocycles. The van der Waals surface area contributed by atoms with Gasteiger partial charge in [-0.25, -0.2) is 4.79 Å². The van der Waals surface area contributed by atoms with Crippen molar-refractivity contribution in [3.8, 4) is 5.75 Å². The number of carbonyl (C=O) groups excluding carboxylic acids is 3. The van der Waals surface area contributed by atoms with E-state index in [0.29, 0.717) is 43.9 Å². The van der Waals surface area contributed by atoms with E-state index in [2.05, 4.69) is 10.6 Å². The number of piperidine rings is 1. The molecule has 4 amide bonds. The molecule has 1 spiro atoms. The second-order valence-corrected chi connectivity index (χ2v) is 6.93. The monoisotopic (exact) mass is 371 g/mol. The van der Waals surface area contributed by atoms with Crippen molar-refractivity contribution in [1.82, 2.24) is 15.5 Å². The Bertz CT molecular complexity index is 940. The summed E-state index contributed by atoms with van der Waals surface area (Å²) in [5.41, 5.74) is 0.502. The van der Waals surface area contributed by atoms with Crippen molar-refractivity contribution >= 4 is 28.8 Å². The van der Waals surface area contributed by atoms with Gasteiger partial charge < -0.3 is 19.4 Å². The molecular formula is C19H21N3O5. The number of hydrogen-bond donors (Lipinski definition) is 2. The van der Waals surface area contributed by atoms with Crippen LogP contribution in [0, 0.1) is 6.92 Å². The van der Waals surface area contributed by atoms with Gasteiger partial charge in [-0.15, -0.1) is 0 Å². The Balaban J connectivity index is 1.54. The van der Waals surface area contributed by atoms with Crippen LogP contribution in [0.2, 0.25) is 0 Å². The minimum absolute atomic E-state index is 0.207. The minimum atomic E-state index is -0.900. The van der Waals surface area contributed by atoms with E-state index in [1.54, 1.807) is 11.0 Å². The highest BCUT2D eigenvalue weighted by atomic mass is 16.5. The van der Waals surface area contributed by atoms with E-state index in [4.69, 9.17) is 9.15 Å². The highest BCUT2D eigenvalue weighted by Crippen LogP contribution is 2.31. The van der Waals surface area contributed by atoms with Crippen LogP contribution in [-0.2, 0) is 4.79 Å². The van der Waals surface area contributed by atoms with Crippen molar-refractivity contribution in [1.29, 1.82) is 0 Å². The van der Waals surface area contributed by atoms with Gasteiger partial charge in [-0.05, 0) is 44.9 Å². The van der Waals surface area contributed by atoms with E-state index in [9.17, 15) is 14.4 Å². The predicted molar refractivity (Wildman–Crippen MR) is 96.7 cm³/mol. The number of fused-ring (bicyclic) bond motifs is 1. The second-order valence-electron chi connectivity index (χ2n) is 6.93. The Morgan fingerprint density at radius 3 is 2.67 bits per heavy atom. The summed E-state index contributed by atoms with van der Waals surface area (Å²) in [5, 5.41) is 5.81. The lowest BCUT2D eigenvalue weighted by molar-refractivity contribution is -0.125.